The van der Waals surface area contributed by atoms with E-state index in [1.807, 2.05) is 55.5 Å². The van der Waals surface area contributed by atoms with Gasteiger partial charge in [-0.05, 0) is 40.5 Å². The van der Waals surface area contributed by atoms with Gasteiger partial charge in [-0.15, -0.1) is 0 Å². The Hall–Kier alpha value is -2.14. The van der Waals surface area contributed by atoms with Gasteiger partial charge in [0.05, 0.1) is 11.6 Å². The fraction of sp³-hybridized carbons (Fsp3) is 0.263. The first-order valence-corrected chi connectivity index (χ1v) is 8.65. The molecular weight excluding hydrogens is 368 g/mol. The van der Waals surface area contributed by atoms with Crippen LogP contribution >= 0.6 is 15.9 Å². The number of hydrogen-bond donors (Lipinski definition) is 1. The molecule has 1 atom stereocenters. The van der Waals surface area contributed by atoms with E-state index < -0.39 is 0 Å². The number of carbonyl (C=O) groups excluding carboxylic acids is 2. The molecule has 0 saturated carbocycles. The standard InChI is InChI=1S/C19H21BrN2O2/c1-14(16-8-4-3-5-9-16)22(15(2)23)13-12-21-19(24)17-10-6-7-11-18(17)20/h3-11,14H,12-13H2,1-2H3,(H,21,24). The Morgan fingerprint density at radius 3 is 2.33 bits per heavy atom. The van der Waals surface area contributed by atoms with E-state index in [1.165, 1.54) is 0 Å². The monoisotopic (exact) mass is 388 g/mol. The molecule has 0 bridgehead atoms. The molecule has 1 unspecified atom stereocenters. The lowest BCUT2D eigenvalue weighted by molar-refractivity contribution is -0.130. The van der Waals surface area contributed by atoms with Crippen LogP contribution in [0.2, 0.25) is 0 Å². The van der Waals surface area contributed by atoms with Gasteiger partial charge in [0.15, 0.2) is 0 Å². The van der Waals surface area contributed by atoms with Crippen molar-refractivity contribution in [3.63, 3.8) is 0 Å². The smallest absolute Gasteiger partial charge is 0.252 e. The summed E-state index contributed by atoms with van der Waals surface area (Å²) in [7, 11) is 0. The van der Waals surface area contributed by atoms with Crippen molar-refractivity contribution in [3.05, 3.63) is 70.2 Å². The van der Waals surface area contributed by atoms with E-state index in [1.54, 1.807) is 17.9 Å². The lowest BCUT2D eigenvalue weighted by Crippen LogP contribution is -2.39. The summed E-state index contributed by atoms with van der Waals surface area (Å²) in [6, 6.07) is 17.1. The van der Waals surface area contributed by atoms with Crippen LogP contribution in [0.1, 0.15) is 35.8 Å². The van der Waals surface area contributed by atoms with Crippen molar-refractivity contribution in [2.45, 2.75) is 19.9 Å². The third-order valence-electron chi connectivity index (χ3n) is 3.91. The predicted octanol–water partition coefficient (Wildman–Crippen LogP) is 3.79. The number of benzene rings is 2. The highest BCUT2D eigenvalue weighted by atomic mass is 79.9. The highest BCUT2D eigenvalue weighted by Crippen LogP contribution is 2.19. The van der Waals surface area contributed by atoms with Gasteiger partial charge in [0, 0.05) is 24.5 Å². The SMILES string of the molecule is CC(=O)N(CCNC(=O)c1ccccc1Br)C(C)c1ccccc1. The fourth-order valence-electron chi connectivity index (χ4n) is 2.57. The topological polar surface area (TPSA) is 49.4 Å². The number of hydrogen-bond acceptors (Lipinski definition) is 2. The molecule has 0 aliphatic heterocycles. The first-order chi connectivity index (χ1) is 11.5. The molecular formula is C19H21BrN2O2. The molecule has 0 aliphatic rings. The number of carbonyl (C=O) groups is 2. The Morgan fingerprint density at radius 1 is 1.08 bits per heavy atom. The van der Waals surface area contributed by atoms with Gasteiger partial charge in [-0.3, -0.25) is 9.59 Å². The Labute approximate surface area is 151 Å². The quantitative estimate of drug-likeness (QED) is 0.818. The van der Waals surface area contributed by atoms with Crippen LogP contribution < -0.4 is 5.32 Å². The van der Waals surface area contributed by atoms with Crippen LogP contribution in [-0.4, -0.2) is 29.8 Å². The summed E-state index contributed by atoms with van der Waals surface area (Å²) in [5.74, 6) is -0.167. The minimum Gasteiger partial charge on any atom is -0.350 e. The van der Waals surface area contributed by atoms with E-state index in [0.29, 0.717) is 18.7 Å². The first kappa shape index (κ1) is 18.2. The predicted molar refractivity (Wildman–Crippen MR) is 98.7 cm³/mol. The van der Waals surface area contributed by atoms with Crippen LogP contribution in [0.4, 0.5) is 0 Å². The third-order valence-corrected chi connectivity index (χ3v) is 4.60. The molecule has 0 aliphatic carbocycles. The van der Waals surface area contributed by atoms with Crippen LogP contribution in [0, 0.1) is 0 Å². The molecule has 0 radical (unpaired) electrons. The minimum atomic E-state index is -0.154. The van der Waals surface area contributed by atoms with Crippen molar-refractivity contribution in [3.8, 4) is 0 Å². The highest BCUT2D eigenvalue weighted by molar-refractivity contribution is 9.10. The fourth-order valence-corrected chi connectivity index (χ4v) is 3.03. The normalized spacial score (nSPS) is 11.6. The second kappa shape index (κ2) is 8.64. The molecule has 0 heterocycles. The van der Waals surface area contributed by atoms with Gasteiger partial charge >= 0.3 is 0 Å². The van der Waals surface area contributed by atoms with E-state index in [0.717, 1.165) is 10.0 Å². The molecule has 126 valence electrons. The van der Waals surface area contributed by atoms with Crippen molar-refractivity contribution >= 4 is 27.7 Å². The number of rotatable bonds is 6. The molecule has 1 N–H and O–H groups in total. The molecule has 2 aromatic carbocycles. The third kappa shape index (κ3) is 4.68. The van der Waals surface area contributed by atoms with E-state index in [9.17, 15) is 9.59 Å². The number of amides is 2. The van der Waals surface area contributed by atoms with E-state index in [-0.39, 0.29) is 17.9 Å². The Morgan fingerprint density at radius 2 is 1.71 bits per heavy atom. The van der Waals surface area contributed by atoms with Crippen molar-refractivity contribution < 1.29 is 9.59 Å². The van der Waals surface area contributed by atoms with Crippen LogP contribution in [-0.2, 0) is 4.79 Å². The van der Waals surface area contributed by atoms with Crippen molar-refractivity contribution in [2.75, 3.05) is 13.1 Å². The Kier molecular flexibility index (Phi) is 6.55. The van der Waals surface area contributed by atoms with E-state index >= 15 is 0 Å². The number of nitrogens with one attached hydrogen (secondary N) is 1. The summed E-state index contributed by atoms with van der Waals surface area (Å²) < 4.78 is 0.753. The second-order valence-electron chi connectivity index (χ2n) is 5.53. The zero-order chi connectivity index (χ0) is 17.5. The molecule has 5 heteroatoms. The van der Waals surface area contributed by atoms with Gasteiger partial charge in [0.25, 0.3) is 5.91 Å². The van der Waals surface area contributed by atoms with Crippen LogP contribution in [0.3, 0.4) is 0 Å². The van der Waals surface area contributed by atoms with E-state index in [2.05, 4.69) is 21.2 Å². The summed E-state index contributed by atoms with van der Waals surface area (Å²) in [4.78, 5) is 25.9. The maximum atomic E-state index is 12.2. The molecule has 2 amide bonds. The molecule has 0 spiro atoms. The van der Waals surface area contributed by atoms with Gasteiger partial charge in [-0.1, -0.05) is 42.5 Å². The summed E-state index contributed by atoms with van der Waals surface area (Å²) in [6.45, 7) is 4.40. The first-order valence-electron chi connectivity index (χ1n) is 7.85. The molecule has 0 aromatic heterocycles. The second-order valence-corrected chi connectivity index (χ2v) is 6.39. The maximum absolute atomic E-state index is 12.2. The zero-order valence-corrected chi connectivity index (χ0v) is 15.4. The van der Waals surface area contributed by atoms with Gasteiger partial charge < -0.3 is 10.2 Å². The van der Waals surface area contributed by atoms with Gasteiger partial charge in [-0.2, -0.15) is 0 Å². The van der Waals surface area contributed by atoms with Gasteiger partial charge in [0.2, 0.25) is 5.91 Å². The molecule has 2 aromatic rings. The lowest BCUT2D eigenvalue weighted by Gasteiger charge is -2.28. The molecule has 0 fully saturated rings. The molecule has 24 heavy (non-hydrogen) atoms. The number of halogens is 1. The van der Waals surface area contributed by atoms with E-state index in [4.69, 9.17) is 0 Å². The maximum Gasteiger partial charge on any atom is 0.252 e. The summed E-state index contributed by atoms with van der Waals surface area (Å²) in [6.07, 6.45) is 0. The van der Waals surface area contributed by atoms with Crippen LogP contribution in [0.25, 0.3) is 0 Å². The molecule has 4 nitrogen and oxygen atoms in total. The zero-order valence-electron chi connectivity index (χ0n) is 13.8. The van der Waals surface area contributed by atoms with Crippen LogP contribution in [0.5, 0.6) is 0 Å². The average Bonchev–Trinajstić information content (AvgIpc) is 2.59. The van der Waals surface area contributed by atoms with Gasteiger partial charge in [-0.25, -0.2) is 0 Å². The van der Waals surface area contributed by atoms with Crippen molar-refractivity contribution in [1.29, 1.82) is 0 Å². The Balaban J connectivity index is 1.96. The summed E-state index contributed by atoms with van der Waals surface area (Å²) in [5, 5.41) is 2.87. The number of nitrogens with zero attached hydrogens (tertiary/aromatic N) is 1. The Bertz CT molecular complexity index is 704. The van der Waals surface area contributed by atoms with Crippen molar-refractivity contribution in [1.82, 2.24) is 10.2 Å². The summed E-state index contributed by atoms with van der Waals surface area (Å²) in [5.41, 5.74) is 1.66. The average molecular weight is 389 g/mol. The van der Waals surface area contributed by atoms with Crippen molar-refractivity contribution in [2.24, 2.45) is 0 Å². The minimum absolute atomic E-state index is 0.0125. The van der Waals surface area contributed by atoms with Crippen LogP contribution in [0.15, 0.2) is 59.1 Å². The highest BCUT2D eigenvalue weighted by Gasteiger charge is 2.18. The molecule has 0 saturated heterocycles. The molecule has 2 rings (SSSR count). The lowest BCUT2D eigenvalue weighted by atomic mass is 10.1. The summed E-state index contributed by atoms with van der Waals surface area (Å²) >= 11 is 3.37. The van der Waals surface area contributed by atoms with Gasteiger partial charge in [0.1, 0.15) is 0 Å². The largest absolute Gasteiger partial charge is 0.350 e.